The summed E-state index contributed by atoms with van der Waals surface area (Å²) in [7, 11) is -3.25. The highest BCUT2D eigenvalue weighted by Gasteiger charge is 2.31. The lowest BCUT2D eigenvalue weighted by Gasteiger charge is -2.33. The zero-order valence-electron chi connectivity index (χ0n) is 12.9. The number of nitrogens with one attached hydrogen (secondary N) is 1. The molecule has 1 unspecified atom stereocenters. The fourth-order valence-corrected chi connectivity index (χ4v) is 3.90. The average Bonchev–Trinajstić information content (AvgIpc) is 2.55. The third-order valence-corrected chi connectivity index (χ3v) is 5.09. The van der Waals surface area contributed by atoms with Gasteiger partial charge in [-0.25, -0.2) is 23.4 Å². The largest absolute Gasteiger partial charge is 0.309 e. The number of anilines is 2. The number of sulfonamides is 1. The lowest BCUT2D eigenvalue weighted by atomic mass is 10.0. The Hall–Kier alpha value is -2.06. The van der Waals surface area contributed by atoms with Crippen LogP contribution in [0, 0.1) is 0 Å². The van der Waals surface area contributed by atoms with Crippen LogP contribution in [-0.2, 0) is 10.0 Å². The molecular formula is C15H19N5O2S. The molecule has 0 saturated carbocycles. The van der Waals surface area contributed by atoms with Gasteiger partial charge in [0.1, 0.15) is 5.82 Å². The SMILES string of the molecule is CS(=O)(=O)N1CCCCC1c1ccnc(Nc2ccccn2)n1. The Morgan fingerprint density at radius 3 is 2.78 bits per heavy atom. The van der Waals surface area contributed by atoms with Gasteiger partial charge in [-0.3, -0.25) is 0 Å². The monoisotopic (exact) mass is 333 g/mol. The lowest BCUT2D eigenvalue weighted by molar-refractivity contribution is 0.253. The number of pyridine rings is 1. The smallest absolute Gasteiger partial charge is 0.228 e. The van der Waals surface area contributed by atoms with E-state index in [0.29, 0.717) is 24.0 Å². The van der Waals surface area contributed by atoms with Gasteiger partial charge in [-0.2, -0.15) is 4.31 Å². The molecule has 0 spiro atoms. The molecule has 3 rings (SSSR count). The third-order valence-electron chi connectivity index (χ3n) is 3.80. The summed E-state index contributed by atoms with van der Waals surface area (Å²) in [5.41, 5.74) is 0.712. The first-order chi connectivity index (χ1) is 11.0. The van der Waals surface area contributed by atoms with Gasteiger partial charge in [0, 0.05) is 18.9 Å². The Morgan fingerprint density at radius 2 is 2.04 bits per heavy atom. The van der Waals surface area contributed by atoms with Crippen molar-refractivity contribution in [2.75, 3.05) is 18.1 Å². The normalized spacial score (nSPS) is 19.4. The van der Waals surface area contributed by atoms with E-state index in [4.69, 9.17) is 0 Å². The maximum atomic E-state index is 12.0. The van der Waals surface area contributed by atoms with E-state index in [9.17, 15) is 8.42 Å². The Kier molecular flexibility index (Phi) is 4.53. The van der Waals surface area contributed by atoms with Crippen molar-refractivity contribution in [2.24, 2.45) is 0 Å². The number of piperidine rings is 1. The molecule has 2 aromatic heterocycles. The Bertz CT molecular complexity index is 766. The Morgan fingerprint density at radius 1 is 1.17 bits per heavy atom. The quantitative estimate of drug-likeness (QED) is 0.922. The van der Waals surface area contributed by atoms with Crippen LogP contribution in [0.15, 0.2) is 36.7 Å². The van der Waals surface area contributed by atoms with Gasteiger partial charge >= 0.3 is 0 Å². The summed E-state index contributed by atoms with van der Waals surface area (Å²) >= 11 is 0. The van der Waals surface area contributed by atoms with Crippen LogP contribution in [0.4, 0.5) is 11.8 Å². The van der Waals surface area contributed by atoms with E-state index in [2.05, 4.69) is 20.3 Å². The minimum Gasteiger partial charge on any atom is -0.309 e. The maximum Gasteiger partial charge on any atom is 0.228 e. The molecule has 0 aromatic carbocycles. The molecule has 0 radical (unpaired) electrons. The molecule has 7 nitrogen and oxygen atoms in total. The first-order valence-corrected chi connectivity index (χ1v) is 9.37. The van der Waals surface area contributed by atoms with Gasteiger partial charge in [0.05, 0.1) is 18.0 Å². The summed E-state index contributed by atoms with van der Waals surface area (Å²) in [6, 6.07) is 7.06. The van der Waals surface area contributed by atoms with Crippen LogP contribution in [0.2, 0.25) is 0 Å². The van der Waals surface area contributed by atoms with Gasteiger partial charge in [-0.1, -0.05) is 12.5 Å². The molecule has 2 aromatic rings. The van der Waals surface area contributed by atoms with E-state index in [1.54, 1.807) is 18.5 Å². The number of hydrogen-bond donors (Lipinski definition) is 1. The first-order valence-electron chi connectivity index (χ1n) is 7.52. The lowest BCUT2D eigenvalue weighted by Crippen LogP contribution is -2.38. The molecule has 122 valence electrons. The highest BCUT2D eigenvalue weighted by molar-refractivity contribution is 7.88. The second kappa shape index (κ2) is 6.59. The van der Waals surface area contributed by atoms with Crippen molar-refractivity contribution in [1.82, 2.24) is 19.3 Å². The molecule has 23 heavy (non-hydrogen) atoms. The molecule has 1 N–H and O–H groups in total. The van der Waals surface area contributed by atoms with Crippen molar-refractivity contribution in [3.05, 3.63) is 42.4 Å². The molecule has 0 amide bonds. The highest BCUT2D eigenvalue weighted by Crippen LogP contribution is 2.31. The van der Waals surface area contributed by atoms with Gasteiger partial charge in [-0.15, -0.1) is 0 Å². The molecule has 0 aliphatic carbocycles. The molecule has 1 aliphatic rings. The van der Waals surface area contributed by atoms with Crippen LogP contribution < -0.4 is 5.32 Å². The van der Waals surface area contributed by atoms with Crippen molar-refractivity contribution in [2.45, 2.75) is 25.3 Å². The summed E-state index contributed by atoms with van der Waals surface area (Å²) in [5.74, 6) is 1.06. The van der Waals surface area contributed by atoms with Crippen molar-refractivity contribution in [3.63, 3.8) is 0 Å². The predicted octanol–water partition coefficient (Wildman–Crippen LogP) is 2.10. The van der Waals surface area contributed by atoms with Crippen molar-refractivity contribution in [3.8, 4) is 0 Å². The topological polar surface area (TPSA) is 88.1 Å². The summed E-state index contributed by atoms with van der Waals surface area (Å²) < 4.78 is 25.5. The van der Waals surface area contributed by atoms with Crippen LogP contribution in [0.25, 0.3) is 0 Å². The molecule has 8 heteroatoms. The number of nitrogens with zero attached hydrogens (tertiary/aromatic N) is 4. The van der Waals surface area contributed by atoms with Crippen molar-refractivity contribution >= 4 is 21.8 Å². The molecule has 0 bridgehead atoms. The molecule has 1 saturated heterocycles. The van der Waals surface area contributed by atoms with Crippen LogP contribution in [-0.4, -0.2) is 40.5 Å². The van der Waals surface area contributed by atoms with Crippen molar-refractivity contribution in [1.29, 1.82) is 0 Å². The van der Waals surface area contributed by atoms with Gasteiger partial charge in [-0.05, 0) is 31.0 Å². The standard InChI is InChI=1S/C15H19N5O2S/c1-23(21,22)20-11-5-3-6-13(20)12-8-10-17-15(18-12)19-14-7-2-4-9-16-14/h2,4,7-10,13H,3,5-6,11H2,1H3,(H,16,17,18,19). The molecule has 1 aliphatic heterocycles. The number of rotatable bonds is 4. The summed E-state index contributed by atoms with van der Waals surface area (Å²) in [6.07, 6.45) is 7.21. The summed E-state index contributed by atoms with van der Waals surface area (Å²) in [5, 5.41) is 3.04. The zero-order chi connectivity index (χ0) is 16.3. The molecule has 1 atom stereocenters. The van der Waals surface area contributed by atoms with Crippen molar-refractivity contribution < 1.29 is 8.42 Å². The van der Waals surface area contributed by atoms with Gasteiger partial charge < -0.3 is 5.32 Å². The van der Waals surface area contributed by atoms with E-state index in [1.165, 1.54) is 10.6 Å². The van der Waals surface area contributed by atoms with E-state index < -0.39 is 10.0 Å². The molecule has 3 heterocycles. The maximum absolute atomic E-state index is 12.0. The Balaban J connectivity index is 1.86. The zero-order valence-corrected chi connectivity index (χ0v) is 13.7. The molecular weight excluding hydrogens is 314 g/mol. The number of aromatic nitrogens is 3. The Labute approximate surface area is 135 Å². The van der Waals surface area contributed by atoms with Gasteiger partial charge in [0.25, 0.3) is 0 Å². The van der Waals surface area contributed by atoms with Gasteiger partial charge in [0.15, 0.2) is 0 Å². The minimum atomic E-state index is -3.25. The van der Waals surface area contributed by atoms with E-state index >= 15 is 0 Å². The van der Waals surface area contributed by atoms with E-state index in [1.807, 2.05) is 18.2 Å². The first kappa shape index (κ1) is 15.8. The van der Waals surface area contributed by atoms with Crippen LogP contribution in [0.5, 0.6) is 0 Å². The summed E-state index contributed by atoms with van der Waals surface area (Å²) in [6.45, 7) is 0.538. The number of hydrogen-bond acceptors (Lipinski definition) is 6. The van der Waals surface area contributed by atoms with Gasteiger partial charge in [0.2, 0.25) is 16.0 Å². The fourth-order valence-electron chi connectivity index (χ4n) is 2.77. The van der Waals surface area contributed by atoms with Crippen LogP contribution in [0.3, 0.4) is 0 Å². The van der Waals surface area contributed by atoms with E-state index in [-0.39, 0.29) is 6.04 Å². The highest BCUT2D eigenvalue weighted by atomic mass is 32.2. The van der Waals surface area contributed by atoms with E-state index in [0.717, 1.165) is 19.3 Å². The predicted molar refractivity (Wildman–Crippen MR) is 87.7 cm³/mol. The average molecular weight is 333 g/mol. The fraction of sp³-hybridized carbons (Fsp3) is 0.400. The molecule has 1 fully saturated rings. The van der Waals surface area contributed by atoms with Crippen LogP contribution in [0.1, 0.15) is 31.0 Å². The second-order valence-electron chi connectivity index (χ2n) is 5.53. The third kappa shape index (κ3) is 3.83. The summed E-state index contributed by atoms with van der Waals surface area (Å²) in [4.78, 5) is 12.8. The van der Waals surface area contributed by atoms with Crippen LogP contribution >= 0.6 is 0 Å². The minimum absolute atomic E-state index is 0.231. The second-order valence-corrected chi connectivity index (χ2v) is 7.47.